The van der Waals surface area contributed by atoms with Crippen molar-refractivity contribution < 1.29 is 15.0 Å². The molecule has 0 heterocycles. The van der Waals surface area contributed by atoms with Gasteiger partial charge in [0.05, 0.1) is 6.10 Å². The summed E-state index contributed by atoms with van der Waals surface area (Å²) in [7, 11) is 0. The van der Waals surface area contributed by atoms with Gasteiger partial charge in [-0.1, -0.05) is 12.2 Å². The van der Waals surface area contributed by atoms with Crippen LogP contribution in [0.15, 0.2) is 12.2 Å². The Labute approximate surface area is 60.0 Å². The first-order chi connectivity index (χ1) is 4.54. The molecule has 0 aromatic carbocycles. The van der Waals surface area contributed by atoms with E-state index in [1.807, 2.05) is 0 Å². The number of carbonyl (C=O) groups is 1. The third kappa shape index (κ3) is 4.09. The lowest BCUT2D eigenvalue weighted by molar-refractivity contribution is -0.137. The van der Waals surface area contributed by atoms with Crippen LogP contribution < -0.4 is 0 Å². The van der Waals surface area contributed by atoms with Gasteiger partial charge in [-0.2, -0.15) is 0 Å². The molecule has 0 saturated carbocycles. The van der Waals surface area contributed by atoms with Gasteiger partial charge in [-0.15, -0.1) is 0 Å². The maximum absolute atomic E-state index is 9.99. The molecule has 0 rings (SSSR count). The van der Waals surface area contributed by atoms with Crippen LogP contribution in [0.4, 0.5) is 0 Å². The molecule has 1 atom stereocenters. The summed E-state index contributed by atoms with van der Waals surface area (Å²) in [6.45, 7) is 5.16. The largest absolute Gasteiger partial charge is 0.481 e. The molecule has 10 heavy (non-hydrogen) atoms. The number of carboxylic acid groups (broad SMARTS) is 1. The average Bonchev–Trinajstić information content (AvgIpc) is 1.82. The van der Waals surface area contributed by atoms with E-state index in [2.05, 4.69) is 6.58 Å². The van der Waals surface area contributed by atoms with E-state index in [1.165, 1.54) is 0 Å². The summed E-state index contributed by atoms with van der Waals surface area (Å²) in [5, 5.41) is 17.2. The normalized spacial score (nSPS) is 12.6. The Hall–Kier alpha value is -0.830. The van der Waals surface area contributed by atoms with Crippen LogP contribution in [-0.2, 0) is 4.79 Å². The van der Waals surface area contributed by atoms with Crippen LogP contribution in [-0.4, -0.2) is 22.3 Å². The fourth-order valence-electron chi connectivity index (χ4n) is 0.507. The van der Waals surface area contributed by atoms with E-state index in [9.17, 15) is 4.79 Å². The number of aliphatic carboxylic acids is 1. The van der Waals surface area contributed by atoms with E-state index < -0.39 is 12.1 Å². The molecule has 3 nitrogen and oxygen atoms in total. The predicted molar refractivity (Wildman–Crippen MR) is 37.7 cm³/mol. The zero-order valence-corrected chi connectivity index (χ0v) is 6.00. The Morgan fingerprint density at radius 2 is 2.20 bits per heavy atom. The van der Waals surface area contributed by atoms with E-state index in [0.717, 1.165) is 0 Å². The second-order valence-corrected chi connectivity index (χ2v) is 2.29. The van der Waals surface area contributed by atoms with Gasteiger partial charge in [-0.05, 0) is 13.3 Å². The van der Waals surface area contributed by atoms with Crippen LogP contribution in [0.5, 0.6) is 0 Å². The molecule has 2 N–H and O–H groups in total. The minimum atomic E-state index is -0.889. The SMILES string of the molecule is C=C(C)C(O)CCC(=O)O. The van der Waals surface area contributed by atoms with Crippen LogP contribution in [0.2, 0.25) is 0 Å². The molecule has 0 amide bonds. The van der Waals surface area contributed by atoms with Gasteiger partial charge >= 0.3 is 5.97 Å². The smallest absolute Gasteiger partial charge is 0.303 e. The molecular weight excluding hydrogens is 132 g/mol. The Kier molecular flexibility index (Phi) is 3.72. The third-order valence-electron chi connectivity index (χ3n) is 1.20. The summed E-state index contributed by atoms with van der Waals surface area (Å²) in [6, 6.07) is 0. The summed E-state index contributed by atoms with van der Waals surface area (Å²) >= 11 is 0. The van der Waals surface area contributed by atoms with Crippen molar-refractivity contribution in [1.82, 2.24) is 0 Å². The number of aliphatic hydroxyl groups is 1. The van der Waals surface area contributed by atoms with Crippen molar-refractivity contribution in [2.45, 2.75) is 25.9 Å². The highest BCUT2D eigenvalue weighted by Gasteiger charge is 2.06. The highest BCUT2D eigenvalue weighted by Crippen LogP contribution is 2.04. The van der Waals surface area contributed by atoms with E-state index in [0.29, 0.717) is 5.57 Å². The highest BCUT2D eigenvalue weighted by atomic mass is 16.4. The lowest BCUT2D eigenvalue weighted by atomic mass is 10.1. The van der Waals surface area contributed by atoms with E-state index in [4.69, 9.17) is 10.2 Å². The molecule has 0 aliphatic heterocycles. The monoisotopic (exact) mass is 144 g/mol. The van der Waals surface area contributed by atoms with Crippen molar-refractivity contribution in [3.05, 3.63) is 12.2 Å². The van der Waals surface area contributed by atoms with Gasteiger partial charge in [0.1, 0.15) is 0 Å². The standard InChI is InChI=1S/C7H12O3/c1-5(2)6(8)3-4-7(9)10/h6,8H,1,3-4H2,2H3,(H,9,10). The Balaban J connectivity index is 3.49. The maximum atomic E-state index is 9.99. The number of hydrogen-bond acceptors (Lipinski definition) is 2. The van der Waals surface area contributed by atoms with Crippen molar-refractivity contribution in [1.29, 1.82) is 0 Å². The van der Waals surface area contributed by atoms with Crippen LogP contribution in [0.25, 0.3) is 0 Å². The Morgan fingerprint density at radius 1 is 1.70 bits per heavy atom. The minimum absolute atomic E-state index is 0.00593. The van der Waals surface area contributed by atoms with Gasteiger partial charge in [-0.3, -0.25) is 4.79 Å². The number of hydrogen-bond donors (Lipinski definition) is 2. The van der Waals surface area contributed by atoms with Gasteiger partial charge in [0.25, 0.3) is 0 Å². The lowest BCUT2D eigenvalue weighted by Crippen LogP contribution is -2.09. The van der Waals surface area contributed by atoms with Crippen molar-refractivity contribution in [2.75, 3.05) is 0 Å². The molecule has 3 heteroatoms. The second kappa shape index (κ2) is 4.06. The molecule has 0 aliphatic rings. The molecule has 58 valence electrons. The van der Waals surface area contributed by atoms with E-state index in [-0.39, 0.29) is 12.8 Å². The molecule has 0 spiro atoms. The molecule has 1 unspecified atom stereocenters. The minimum Gasteiger partial charge on any atom is -0.481 e. The Morgan fingerprint density at radius 3 is 2.50 bits per heavy atom. The van der Waals surface area contributed by atoms with Crippen molar-refractivity contribution in [3.8, 4) is 0 Å². The zero-order chi connectivity index (χ0) is 8.15. The molecule has 0 bridgehead atoms. The van der Waals surface area contributed by atoms with Gasteiger partial charge in [0.15, 0.2) is 0 Å². The second-order valence-electron chi connectivity index (χ2n) is 2.29. The van der Waals surface area contributed by atoms with Crippen LogP contribution in [0, 0.1) is 0 Å². The number of aliphatic hydroxyl groups excluding tert-OH is 1. The molecule has 0 fully saturated rings. The summed E-state index contributed by atoms with van der Waals surface area (Å²) in [5.41, 5.74) is 0.612. The van der Waals surface area contributed by atoms with Crippen LogP contribution in [0.3, 0.4) is 0 Å². The summed E-state index contributed by atoms with van der Waals surface area (Å²) in [6.07, 6.45) is -0.422. The fourth-order valence-corrected chi connectivity index (χ4v) is 0.507. The van der Waals surface area contributed by atoms with Crippen LogP contribution in [0.1, 0.15) is 19.8 Å². The zero-order valence-electron chi connectivity index (χ0n) is 6.00. The van der Waals surface area contributed by atoms with Crippen molar-refractivity contribution in [2.24, 2.45) is 0 Å². The van der Waals surface area contributed by atoms with Gasteiger partial charge in [-0.25, -0.2) is 0 Å². The first-order valence-corrected chi connectivity index (χ1v) is 3.09. The summed E-state index contributed by atoms with van der Waals surface area (Å²) in [5.74, 6) is -0.889. The summed E-state index contributed by atoms with van der Waals surface area (Å²) < 4.78 is 0. The van der Waals surface area contributed by atoms with Crippen LogP contribution >= 0.6 is 0 Å². The molecule has 0 aromatic rings. The first-order valence-electron chi connectivity index (χ1n) is 3.09. The lowest BCUT2D eigenvalue weighted by Gasteiger charge is -2.06. The number of rotatable bonds is 4. The molecule has 0 radical (unpaired) electrons. The van der Waals surface area contributed by atoms with Crippen molar-refractivity contribution >= 4 is 5.97 Å². The number of carboxylic acids is 1. The Bertz CT molecular complexity index is 140. The summed E-state index contributed by atoms with van der Waals surface area (Å²) in [4.78, 5) is 9.99. The molecule has 0 saturated heterocycles. The van der Waals surface area contributed by atoms with Gasteiger partial charge in [0, 0.05) is 6.42 Å². The average molecular weight is 144 g/mol. The van der Waals surface area contributed by atoms with Gasteiger partial charge < -0.3 is 10.2 Å². The predicted octanol–water partition coefficient (Wildman–Crippen LogP) is 0.788. The highest BCUT2D eigenvalue weighted by molar-refractivity contribution is 5.66. The third-order valence-corrected chi connectivity index (χ3v) is 1.20. The molecular formula is C7H12O3. The van der Waals surface area contributed by atoms with E-state index >= 15 is 0 Å². The maximum Gasteiger partial charge on any atom is 0.303 e. The fraction of sp³-hybridized carbons (Fsp3) is 0.571. The first kappa shape index (κ1) is 9.17. The van der Waals surface area contributed by atoms with E-state index in [1.54, 1.807) is 6.92 Å². The quantitative estimate of drug-likeness (QED) is 0.573. The molecule has 0 aromatic heterocycles. The topological polar surface area (TPSA) is 57.5 Å². The van der Waals surface area contributed by atoms with Crippen molar-refractivity contribution in [3.63, 3.8) is 0 Å². The molecule has 0 aliphatic carbocycles. The van der Waals surface area contributed by atoms with Gasteiger partial charge in [0.2, 0.25) is 0 Å².